The first-order valence-electron chi connectivity index (χ1n) is 8.13. The molecule has 0 aliphatic carbocycles. The van der Waals surface area contributed by atoms with Crippen molar-refractivity contribution in [1.82, 2.24) is 9.38 Å². The van der Waals surface area contributed by atoms with Gasteiger partial charge in [0.25, 0.3) is 0 Å². The number of allylic oxidation sites excluding steroid dienone is 1. The molecular weight excluding hydrogens is 284 g/mol. The van der Waals surface area contributed by atoms with E-state index in [1.54, 1.807) is 0 Å². The fourth-order valence-corrected chi connectivity index (χ4v) is 3.96. The van der Waals surface area contributed by atoms with Crippen LogP contribution in [0.1, 0.15) is 19.4 Å². The van der Waals surface area contributed by atoms with Crippen LogP contribution < -0.4 is 4.48 Å². The molecule has 2 heterocycles. The summed E-state index contributed by atoms with van der Waals surface area (Å²) in [5.41, 5.74) is 5.80. The highest BCUT2D eigenvalue weighted by Crippen LogP contribution is 2.43. The summed E-state index contributed by atoms with van der Waals surface area (Å²) in [7, 11) is 4.43. The summed E-state index contributed by atoms with van der Waals surface area (Å²) < 4.78 is 7.04. The molecule has 0 radical (unpaired) electrons. The van der Waals surface area contributed by atoms with Crippen molar-refractivity contribution in [3.05, 3.63) is 53.9 Å². The van der Waals surface area contributed by atoms with Crippen LogP contribution in [-0.2, 0) is 0 Å². The molecule has 1 aliphatic rings. The van der Waals surface area contributed by atoms with Crippen molar-refractivity contribution in [2.24, 2.45) is 0 Å². The molecule has 2 aromatic carbocycles. The first kappa shape index (κ1) is 14.3. The molecule has 0 N–H and O–H groups in total. The summed E-state index contributed by atoms with van der Waals surface area (Å²) in [6, 6.07) is 12.7. The van der Waals surface area contributed by atoms with E-state index >= 15 is 0 Å². The number of quaternary nitrogens is 1. The Balaban J connectivity index is 2.09. The summed E-state index contributed by atoms with van der Waals surface area (Å²) in [6.07, 6.45) is 2.67. The van der Waals surface area contributed by atoms with Crippen LogP contribution in [0.4, 0.5) is 5.69 Å². The second kappa shape index (κ2) is 4.62. The number of nitrogens with zero attached hydrogens (tertiary/aromatic N) is 2. The molecular formula is C20H23N2O+. The van der Waals surface area contributed by atoms with Gasteiger partial charge in [-0.25, -0.2) is 4.48 Å². The maximum atomic E-state index is 6.30. The summed E-state index contributed by atoms with van der Waals surface area (Å²) in [5.74, 6) is 0. The number of aryl methyl sites for hydroxylation is 1. The molecule has 3 heteroatoms. The molecule has 3 aromatic rings. The lowest BCUT2D eigenvalue weighted by Gasteiger charge is -2.35. The van der Waals surface area contributed by atoms with Crippen LogP contribution in [0, 0.1) is 6.92 Å². The zero-order valence-electron chi connectivity index (χ0n) is 14.4. The van der Waals surface area contributed by atoms with Gasteiger partial charge in [-0.3, -0.25) is 0 Å². The minimum Gasteiger partial charge on any atom is -0.450 e. The van der Waals surface area contributed by atoms with Gasteiger partial charge in [0.05, 0.1) is 12.7 Å². The topological polar surface area (TPSA) is 16.4 Å². The first-order valence-corrected chi connectivity index (χ1v) is 8.13. The highest BCUT2D eigenvalue weighted by molar-refractivity contribution is 6.09. The predicted octanol–water partition coefficient (Wildman–Crippen LogP) is 4.98. The van der Waals surface area contributed by atoms with E-state index in [0.717, 1.165) is 15.6 Å². The molecule has 1 aromatic heterocycles. The Kier molecular flexibility index (Phi) is 2.88. The van der Waals surface area contributed by atoms with Crippen molar-refractivity contribution in [1.29, 1.82) is 0 Å². The molecule has 0 amide bonds. The second-order valence-electron chi connectivity index (χ2n) is 6.87. The molecule has 4 rings (SSSR count). The molecule has 2 unspecified atom stereocenters. The Hall–Kier alpha value is -2.26. The molecule has 0 bridgehead atoms. The maximum Gasteiger partial charge on any atom is 0.196 e. The van der Waals surface area contributed by atoms with E-state index < -0.39 is 0 Å². The number of benzene rings is 2. The monoisotopic (exact) mass is 307 g/mol. The van der Waals surface area contributed by atoms with Crippen LogP contribution in [0.25, 0.3) is 21.9 Å². The van der Waals surface area contributed by atoms with Gasteiger partial charge in [-0.15, -0.1) is 0 Å². The highest BCUT2D eigenvalue weighted by atomic mass is 16.3. The van der Waals surface area contributed by atoms with E-state index in [1.165, 1.54) is 27.7 Å². The number of para-hydroxylation sites is 1. The predicted molar refractivity (Wildman–Crippen MR) is 97.2 cm³/mol. The zero-order chi connectivity index (χ0) is 16.4. The van der Waals surface area contributed by atoms with E-state index in [9.17, 15) is 0 Å². The molecule has 1 aliphatic heterocycles. The van der Waals surface area contributed by atoms with Gasteiger partial charge in [0.2, 0.25) is 0 Å². The Bertz CT molecular complexity index is 953. The van der Waals surface area contributed by atoms with Gasteiger partial charge in [0.15, 0.2) is 17.4 Å². The largest absolute Gasteiger partial charge is 0.450 e. The molecule has 3 nitrogen and oxygen atoms in total. The van der Waals surface area contributed by atoms with E-state index in [2.05, 4.69) is 76.3 Å². The number of fused-ring (bicyclic) bond motifs is 3. The van der Waals surface area contributed by atoms with Gasteiger partial charge in [-0.1, -0.05) is 24.3 Å². The lowest BCUT2D eigenvalue weighted by molar-refractivity contribution is 0.217. The van der Waals surface area contributed by atoms with Crippen molar-refractivity contribution in [3.8, 4) is 0 Å². The molecule has 0 fully saturated rings. The van der Waals surface area contributed by atoms with Crippen molar-refractivity contribution >= 4 is 27.6 Å². The number of rotatable bonds is 1. The normalized spacial score (nSPS) is 24.7. The van der Waals surface area contributed by atoms with Gasteiger partial charge in [-0.2, -0.15) is 0 Å². The lowest BCUT2D eigenvalue weighted by atomic mass is 10.1. The molecule has 0 saturated carbocycles. The summed E-state index contributed by atoms with van der Waals surface area (Å²) in [5, 5.41) is 2.39. The standard InChI is InChI=1S/C20H23N2O/c1-13-10-11-17-16-8-6-7-9-18(16)23-20(17)19(13)22(5)12-14(2)21(4)15(22)3/h6-12,15H,1-5H3/q+1. The third-order valence-electron chi connectivity index (χ3n) is 5.55. The van der Waals surface area contributed by atoms with Crippen molar-refractivity contribution in [3.63, 3.8) is 0 Å². The van der Waals surface area contributed by atoms with Crippen LogP contribution in [-0.4, -0.2) is 25.2 Å². The smallest absolute Gasteiger partial charge is 0.196 e. The summed E-state index contributed by atoms with van der Waals surface area (Å²) in [4.78, 5) is 2.33. The van der Waals surface area contributed by atoms with Crippen LogP contribution in [0.3, 0.4) is 0 Å². The third kappa shape index (κ3) is 1.80. The van der Waals surface area contributed by atoms with E-state index in [4.69, 9.17) is 4.42 Å². The van der Waals surface area contributed by atoms with Crippen molar-refractivity contribution in [2.45, 2.75) is 26.9 Å². The molecule has 118 valence electrons. The Labute approximate surface area is 137 Å². The van der Waals surface area contributed by atoms with Crippen LogP contribution in [0.15, 0.2) is 52.7 Å². The Morgan fingerprint density at radius 2 is 1.78 bits per heavy atom. The number of hydrogen-bond acceptors (Lipinski definition) is 2. The van der Waals surface area contributed by atoms with Crippen LogP contribution in [0.2, 0.25) is 0 Å². The fraction of sp³-hybridized carbons (Fsp3) is 0.300. The van der Waals surface area contributed by atoms with E-state index in [0.29, 0.717) is 6.17 Å². The first-order chi connectivity index (χ1) is 10.9. The van der Waals surface area contributed by atoms with Gasteiger partial charge >= 0.3 is 0 Å². The van der Waals surface area contributed by atoms with Gasteiger partial charge in [-0.05, 0) is 26.0 Å². The third-order valence-corrected chi connectivity index (χ3v) is 5.55. The van der Waals surface area contributed by atoms with Crippen LogP contribution >= 0.6 is 0 Å². The summed E-state index contributed by atoms with van der Waals surface area (Å²) in [6.45, 7) is 6.63. The molecule has 0 spiro atoms. The fourth-order valence-electron chi connectivity index (χ4n) is 3.96. The SMILES string of the molecule is CC1=C[N+](C)(c2c(C)ccc3c2oc2ccccc23)C(C)N1C. The second-order valence-corrected chi connectivity index (χ2v) is 6.87. The average Bonchev–Trinajstić information content (AvgIpc) is 2.99. The maximum absolute atomic E-state index is 6.30. The quantitative estimate of drug-likeness (QED) is 0.589. The highest BCUT2D eigenvalue weighted by Gasteiger charge is 2.42. The van der Waals surface area contributed by atoms with Gasteiger partial charge < -0.3 is 9.32 Å². The van der Waals surface area contributed by atoms with E-state index in [1.807, 2.05) is 6.07 Å². The minimum atomic E-state index is 0.340. The zero-order valence-corrected chi connectivity index (χ0v) is 14.4. The lowest BCUT2D eigenvalue weighted by Crippen LogP contribution is -2.49. The molecule has 2 atom stereocenters. The summed E-state index contributed by atoms with van der Waals surface area (Å²) >= 11 is 0. The van der Waals surface area contributed by atoms with Gasteiger partial charge in [0, 0.05) is 30.3 Å². The van der Waals surface area contributed by atoms with Gasteiger partial charge in [0.1, 0.15) is 11.8 Å². The molecule has 23 heavy (non-hydrogen) atoms. The average molecular weight is 307 g/mol. The van der Waals surface area contributed by atoms with Crippen LogP contribution in [0.5, 0.6) is 0 Å². The van der Waals surface area contributed by atoms with Crippen molar-refractivity contribution in [2.75, 3.05) is 14.1 Å². The number of furan rings is 1. The number of hydrogen-bond donors (Lipinski definition) is 0. The van der Waals surface area contributed by atoms with E-state index in [-0.39, 0.29) is 0 Å². The van der Waals surface area contributed by atoms with Crippen molar-refractivity contribution < 1.29 is 4.42 Å². The molecule has 0 saturated heterocycles. The Morgan fingerprint density at radius 1 is 1.04 bits per heavy atom. The minimum absolute atomic E-state index is 0.340. The Morgan fingerprint density at radius 3 is 2.48 bits per heavy atom.